The second-order valence-corrected chi connectivity index (χ2v) is 4.73. The molecule has 0 radical (unpaired) electrons. The van der Waals surface area contributed by atoms with Crippen LogP contribution in [0.1, 0.15) is 13.8 Å². The van der Waals surface area contributed by atoms with Gasteiger partial charge in [-0.2, -0.15) is 0 Å². The third kappa shape index (κ3) is 4.30. The minimum Gasteiger partial charge on any atom is -0.480 e. The molecule has 0 saturated carbocycles. The van der Waals surface area contributed by atoms with Gasteiger partial charge >= 0.3 is 5.97 Å². The van der Waals surface area contributed by atoms with Crippen molar-refractivity contribution in [2.75, 3.05) is 6.26 Å². The van der Waals surface area contributed by atoms with Crippen LogP contribution in [0.25, 0.3) is 0 Å². The second-order valence-electron chi connectivity index (χ2n) is 2.95. The van der Waals surface area contributed by atoms with E-state index in [-0.39, 0.29) is 5.92 Å². The number of rotatable bonds is 4. The van der Waals surface area contributed by atoms with Gasteiger partial charge in [-0.15, -0.1) is 0 Å². The van der Waals surface area contributed by atoms with E-state index in [1.54, 1.807) is 13.8 Å². The second kappa shape index (κ2) is 3.86. The van der Waals surface area contributed by atoms with Crippen LogP contribution in [-0.2, 0) is 14.8 Å². The predicted octanol–water partition coefficient (Wildman–Crippen LogP) is -0.355. The quantitative estimate of drug-likeness (QED) is 0.642. The van der Waals surface area contributed by atoms with Crippen LogP contribution in [0.3, 0.4) is 0 Å². The molecule has 2 N–H and O–H groups in total. The highest BCUT2D eigenvalue weighted by molar-refractivity contribution is 7.88. The Morgan fingerprint density at radius 1 is 1.42 bits per heavy atom. The zero-order valence-corrected chi connectivity index (χ0v) is 8.05. The van der Waals surface area contributed by atoms with E-state index < -0.39 is 22.0 Å². The fraction of sp³-hybridized carbons (Fsp3) is 0.833. The molecule has 0 rings (SSSR count). The van der Waals surface area contributed by atoms with Gasteiger partial charge in [0.05, 0.1) is 6.26 Å². The third-order valence-electron chi connectivity index (χ3n) is 1.27. The molecule has 0 fully saturated rings. The van der Waals surface area contributed by atoms with Crippen LogP contribution in [0.5, 0.6) is 0 Å². The van der Waals surface area contributed by atoms with Crippen LogP contribution in [0.4, 0.5) is 0 Å². The molecular weight excluding hydrogens is 182 g/mol. The van der Waals surface area contributed by atoms with E-state index in [4.69, 9.17) is 5.11 Å². The molecule has 0 bridgehead atoms. The predicted molar refractivity (Wildman–Crippen MR) is 44.2 cm³/mol. The summed E-state index contributed by atoms with van der Waals surface area (Å²) in [5.41, 5.74) is 0. The van der Waals surface area contributed by atoms with Gasteiger partial charge in [0.15, 0.2) is 0 Å². The lowest BCUT2D eigenvalue weighted by Crippen LogP contribution is -2.43. The Balaban J connectivity index is 4.46. The maximum absolute atomic E-state index is 10.7. The molecule has 0 aromatic heterocycles. The van der Waals surface area contributed by atoms with Crippen molar-refractivity contribution in [2.24, 2.45) is 5.92 Å². The van der Waals surface area contributed by atoms with Crippen LogP contribution in [0.2, 0.25) is 0 Å². The smallest absolute Gasteiger partial charge is 0.321 e. The summed E-state index contributed by atoms with van der Waals surface area (Å²) in [6.07, 6.45) is 0.936. The van der Waals surface area contributed by atoms with E-state index in [1.807, 2.05) is 4.72 Å². The van der Waals surface area contributed by atoms with Crippen LogP contribution in [0, 0.1) is 5.92 Å². The molecule has 0 aliphatic heterocycles. The fourth-order valence-electron chi connectivity index (χ4n) is 0.702. The Hall–Kier alpha value is -0.620. The van der Waals surface area contributed by atoms with Gasteiger partial charge in [0.1, 0.15) is 6.04 Å². The van der Waals surface area contributed by atoms with Gasteiger partial charge in [-0.3, -0.25) is 4.79 Å². The van der Waals surface area contributed by atoms with Crippen LogP contribution in [0.15, 0.2) is 0 Å². The lowest BCUT2D eigenvalue weighted by Gasteiger charge is -2.15. The lowest BCUT2D eigenvalue weighted by atomic mass is 10.1. The Kier molecular flexibility index (Phi) is 3.66. The molecule has 1 atom stereocenters. The van der Waals surface area contributed by atoms with E-state index >= 15 is 0 Å². The number of carbonyl (C=O) groups is 1. The molecule has 0 aromatic rings. The van der Waals surface area contributed by atoms with Gasteiger partial charge in [0.25, 0.3) is 0 Å². The maximum Gasteiger partial charge on any atom is 0.321 e. The number of carboxylic acid groups (broad SMARTS) is 1. The topological polar surface area (TPSA) is 83.5 Å². The summed E-state index contributed by atoms with van der Waals surface area (Å²) in [6.45, 7) is 3.27. The summed E-state index contributed by atoms with van der Waals surface area (Å²) in [5.74, 6) is -1.42. The van der Waals surface area contributed by atoms with E-state index in [0.29, 0.717) is 0 Å². The Bertz CT molecular complexity index is 257. The molecule has 6 heteroatoms. The highest BCUT2D eigenvalue weighted by Gasteiger charge is 2.24. The average molecular weight is 195 g/mol. The van der Waals surface area contributed by atoms with Gasteiger partial charge in [0, 0.05) is 0 Å². The maximum atomic E-state index is 10.7. The molecule has 0 aliphatic rings. The molecule has 0 saturated heterocycles. The summed E-state index contributed by atoms with van der Waals surface area (Å²) >= 11 is 0. The Labute approximate surface area is 71.8 Å². The summed E-state index contributed by atoms with van der Waals surface area (Å²) in [4.78, 5) is 10.5. The molecule has 0 heterocycles. The summed E-state index contributed by atoms with van der Waals surface area (Å²) < 4.78 is 23.4. The van der Waals surface area contributed by atoms with Crippen LogP contribution >= 0.6 is 0 Å². The molecule has 5 nitrogen and oxygen atoms in total. The first kappa shape index (κ1) is 11.4. The normalized spacial score (nSPS) is 14.7. The Morgan fingerprint density at radius 3 is 1.92 bits per heavy atom. The minimum atomic E-state index is -3.44. The molecule has 0 aromatic carbocycles. The molecular formula is C6H13NO4S. The number of carboxylic acids is 1. The van der Waals surface area contributed by atoms with Crippen LogP contribution < -0.4 is 4.72 Å². The van der Waals surface area contributed by atoms with Crippen molar-refractivity contribution in [2.45, 2.75) is 19.9 Å². The van der Waals surface area contributed by atoms with E-state index in [2.05, 4.69) is 0 Å². The summed E-state index contributed by atoms with van der Waals surface area (Å²) in [5, 5.41) is 8.58. The first-order chi connectivity index (χ1) is 5.24. The van der Waals surface area contributed by atoms with Crippen molar-refractivity contribution in [3.05, 3.63) is 0 Å². The zero-order chi connectivity index (χ0) is 9.94. The van der Waals surface area contributed by atoms with Crippen LogP contribution in [-0.4, -0.2) is 31.8 Å². The molecule has 0 amide bonds. The number of hydrogen-bond donors (Lipinski definition) is 2. The third-order valence-corrected chi connectivity index (χ3v) is 1.96. The molecule has 0 unspecified atom stereocenters. The van der Waals surface area contributed by atoms with E-state index in [1.165, 1.54) is 0 Å². The van der Waals surface area contributed by atoms with Crippen molar-refractivity contribution in [3.8, 4) is 0 Å². The minimum absolute atomic E-state index is 0.266. The van der Waals surface area contributed by atoms with Gasteiger partial charge in [-0.05, 0) is 5.92 Å². The van der Waals surface area contributed by atoms with Gasteiger partial charge in [0.2, 0.25) is 10.0 Å². The monoisotopic (exact) mass is 195 g/mol. The fourth-order valence-corrected chi connectivity index (χ4v) is 1.54. The number of aliphatic carboxylic acids is 1. The summed E-state index contributed by atoms with van der Waals surface area (Å²) in [6, 6.07) is -1.04. The molecule has 72 valence electrons. The van der Waals surface area contributed by atoms with Gasteiger partial charge in [-0.1, -0.05) is 13.8 Å². The summed E-state index contributed by atoms with van der Waals surface area (Å²) in [7, 11) is -3.44. The largest absolute Gasteiger partial charge is 0.480 e. The first-order valence-electron chi connectivity index (χ1n) is 3.44. The van der Waals surface area contributed by atoms with Gasteiger partial charge in [-0.25, -0.2) is 13.1 Å². The zero-order valence-electron chi connectivity index (χ0n) is 7.23. The lowest BCUT2D eigenvalue weighted by molar-refractivity contribution is -0.140. The van der Waals surface area contributed by atoms with Crippen molar-refractivity contribution in [1.82, 2.24) is 4.72 Å². The standard InChI is InChI=1S/C6H13NO4S/c1-4(2)5(6(8)9)7-12(3,10)11/h4-5,7H,1-3H3,(H,8,9)/t5-/m1/s1. The Morgan fingerprint density at radius 2 is 1.83 bits per heavy atom. The molecule has 0 spiro atoms. The number of hydrogen-bond acceptors (Lipinski definition) is 3. The molecule has 0 aliphatic carbocycles. The highest BCUT2D eigenvalue weighted by atomic mass is 32.2. The number of nitrogens with one attached hydrogen (secondary N) is 1. The van der Waals surface area contributed by atoms with E-state index in [0.717, 1.165) is 6.26 Å². The highest BCUT2D eigenvalue weighted by Crippen LogP contribution is 2.02. The first-order valence-corrected chi connectivity index (χ1v) is 5.33. The van der Waals surface area contributed by atoms with E-state index in [9.17, 15) is 13.2 Å². The SMILES string of the molecule is CC(C)[C@@H](NS(C)(=O)=O)C(=O)O. The number of sulfonamides is 1. The average Bonchev–Trinajstić information content (AvgIpc) is 1.79. The van der Waals surface area contributed by atoms with Crippen molar-refractivity contribution in [3.63, 3.8) is 0 Å². The van der Waals surface area contributed by atoms with Gasteiger partial charge < -0.3 is 5.11 Å². The van der Waals surface area contributed by atoms with Crippen molar-refractivity contribution in [1.29, 1.82) is 0 Å². The van der Waals surface area contributed by atoms with Crippen molar-refractivity contribution >= 4 is 16.0 Å². The molecule has 12 heavy (non-hydrogen) atoms. The van der Waals surface area contributed by atoms with Crippen molar-refractivity contribution < 1.29 is 18.3 Å².